The number of carbonyl (C=O) groups excluding carboxylic acids is 1. The summed E-state index contributed by atoms with van der Waals surface area (Å²) < 4.78 is 63.3. The molecular formula is C21H22F3N7O3S. The van der Waals surface area contributed by atoms with Gasteiger partial charge in [-0.25, -0.2) is 27.8 Å². The van der Waals surface area contributed by atoms with Gasteiger partial charge in [0.15, 0.2) is 5.65 Å². The van der Waals surface area contributed by atoms with Crippen LogP contribution in [0.5, 0.6) is 0 Å². The predicted octanol–water partition coefficient (Wildman–Crippen LogP) is 2.36. The molecule has 1 aliphatic heterocycles. The number of benzene rings is 1. The second-order valence-electron chi connectivity index (χ2n) is 8.00. The summed E-state index contributed by atoms with van der Waals surface area (Å²) in [6, 6.07) is 6.03. The first-order valence-electron chi connectivity index (χ1n) is 10.6. The van der Waals surface area contributed by atoms with Crippen LogP contribution in [0.3, 0.4) is 0 Å². The lowest BCUT2D eigenvalue weighted by Crippen LogP contribution is -2.40. The number of hydrogen-bond acceptors (Lipinski definition) is 7. The number of amides is 1. The molecule has 1 fully saturated rings. The van der Waals surface area contributed by atoms with E-state index in [1.54, 1.807) is 21.7 Å². The van der Waals surface area contributed by atoms with Gasteiger partial charge in [0.25, 0.3) is 0 Å². The fraction of sp³-hybridized carbons (Fsp3) is 0.333. The average Bonchev–Trinajstić information content (AvgIpc) is 3.23. The van der Waals surface area contributed by atoms with Gasteiger partial charge in [0, 0.05) is 25.2 Å². The Bertz CT molecular complexity index is 1370. The van der Waals surface area contributed by atoms with Crippen molar-refractivity contribution in [2.75, 3.05) is 18.8 Å². The van der Waals surface area contributed by atoms with Gasteiger partial charge in [-0.1, -0.05) is 30.8 Å². The van der Waals surface area contributed by atoms with Crippen LogP contribution in [0.4, 0.5) is 19.0 Å². The highest BCUT2D eigenvalue weighted by atomic mass is 32.2. The zero-order valence-electron chi connectivity index (χ0n) is 18.4. The summed E-state index contributed by atoms with van der Waals surface area (Å²) in [5, 5.41) is 5.23. The summed E-state index contributed by atoms with van der Waals surface area (Å²) in [5.74, 6) is 0.0327. The Balaban J connectivity index is 1.65. The predicted molar refractivity (Wildman–Crippen MR) is 122 cm³/mol. The molecule has 10 nitrogen and oxygen atoms in total. The lowest BCUT2D eigenvalue weighted by molar-refractivity contribution is -0.127. The number of likely N-dealkylation sites (tertiary alicyclic amines) is 1. The molecule has 1 aliphatic rings. The number of nitrogen functional groups attached to an aromatic ring is 1. The quantitative estimate of drug-likeness (QED) is 0.487. The second-order valence-corrected chi connectivity index (χ2v) is 9.76. The first kappa shape index (κ1) is 24.6. The number of hydrogen-bond donors (Lipinski definition) is 2. The van der Waals surface area contributed by atoms with E-state index in [1.165, 1.54) is 29.3 Å². The van der Waals surface area contributed by atoms with Crippen molar-refractivity contribution in [3.8, 4) is 11.3 Å². The number of sulfonamides is 1. The lowest BCUT2D eigenvalue weighted by atomic mass is 10.1. The fourth-order valence-electron chi connectivity index (χ4n) is 3.98. The molecular weight excluding hydrogens is 487 g/mol. The van der Waals surface area contributed by atoms with Crippen molar-refractivity contribution in [2.45, 2.75) is 30.9 Å². The van der Waals surface area contributed by atoms with Crippen molar-refractivity contribution in [3.63, 3.8) is 0 Å². The van der Waals surface area contributed by atoms with Gasteiger partial charge in [0.05, 0.1) is 11.4 Å². The number of fused-ring (bicyclic) bond motifs is 1. The van der Waals surface area contributed by atoms with Crippen molar-refractivity contribution in [1.82, 2.24) is 29.4 Å². The first-order chi connectivity index (χ1) is 16.5. The third kappa shape index (κ3) is 4.84. The van der Waals surface area contributed by atoms with Crippen LogP contribution in [0.15, 0.2) is 43.2 Å². The van der Waals surface area contributed by atoms with Crippen LogP contribution in [-0.4, -0.2) is 57.6 Å². The zero-order chi connectivity index (χ0) is 25.4. The molecule has 3 N–H and O–H groups in total. The summed E-state index contributed by atoms with van der Waals surface area (Å²) in [7, 11) is -5.45. The molecule has 186 valence electrons. The Morgan fingerprint density at radius 2 is 1.97 bits per heavy atom. The number of nitrogens with two attached hydrogens (primary N) is 1. The number of halogens is 3. The molecule has 3 heterocycles. The maximum absolute atomic E-state index is 12.5. The van der Waals surface area contributed by atoms with Crippen molar-refractivity contribution < 1.29 is 26.4 Å². The van der Waals surface area contributed by atoms with E-state index in [2.05, 4.69) is 16.5 Å². The average molecular weight is 510 g/mol. The van der Waals surface area contributed by atoms with Gasteiger partial charge in [-0.05, 0) is 24.5 Å². The molecule has 0 spiro atoms. The molecule has 14 heteroatoms. The third-order valence-corrected chi connectivity index (χ3v) is 6.88. The number of anilines is 1. The maximum Gasteiger partial charge on any atom is 0.511 e. The van der Waals surface area contributed by atoms with E-state index in [-0.39, 0.29) is 17.8 Å². The number of nitrogens with one attached hydrogen (secondary N) is 1. The lowest BCUT2D eigenvalue weighted by Gasteiger charge is -2.32. The Hall–Kier alpha value is -3.52. The molecule has 2 aromatic heterocycles. The minimum absolute atomic E-state index is 0.158. The largest absolute Gasteiger partial charge is 0.511 e. The third-order valence-electron chi connectivity index (χ3n) is 5.75. The molecule has 1 aromatic carbocycles. The van der Waals surface area contributed by atoms with E-state index >= 15 is 0 Å². The van der Waals surface area contributed by atoms with E-state index < -0.39 is 22.1 Å². The summed E-state index contributed by atoms with van der Waals surface area (Å²) in [5.41, 5.74) is 2.62. The van der Waals surface area contributed by atoms with Crippen molar-refractivity contribution in [3.05, 3.63) is 48.8 Å². The molecule has 0 unspecified atom stereocenters. The van der Waals surface area contributed by atoms with Gasteiger partial charge < -0.3 is 10.6 Å². The van der Waals surface area contributed by atoms with E-state index in [9.17, 15) is 26.4 Å². The number of carbonyl (C=O) groups is 1. The molecule has 1 atom stereocenters. The van der Waals surface area contributed by atoms with Crippen LogP contribution in [-0.2, 0) is 21.4 Å². The number of rotatable bonds is 6. The topological polar surface area (TPSA) is 136 Å². The minimum atomic E-state index is -5.45. The highest BCUT2D eigenvalue weighted by molar-refractivity contribution is 7.90. The molecule has 1 amide bonds. The summed E-state index contributed by atoms with van der Waals surface area (Å²) >= 11 is 0. The summed E-state index contributed by atoms with van der Waals surface area (Å²) in [6.45, 7) is 4.05. The zero-order valence-corrected chi connectivity index (χ0v) is 19.2. The van der Waals surface area contributed by atoms with Crippen LogP contribution >= 0.6 is 0 Å². The maximum atomic E-state index is 12.5. The summed E-state index contributed by atoms with van der Waals surface area (Å²) in [6.07, 6.45) is 4.12. The van der Waals surface area contributed by atoms with Crippen molar-refractivity contribution in [1.29, 1.82) is 0 Å². The highest BCUT2D eigenvalue weighted by Gasteiger charge is 2.45. The van der Waals surface area contributed by atoms with E-state index in [0.29, 0.717) is 40.9 Å². The van der Waals surface area contributed by atoms with E-state index in [0.717, 1.165) is 12.8 Å². The number of piperidine rings is 1. The van der Waals surface area contributed by atoms with Gasteiger partial charge in [0.2, 0.25) is 5.91 Å². The molecule has 3 aromatic rings. The van der Waals surface area contributed by atoms with Gasteiger partial charge in [-0.3, -0.25) is 4.79 Å². The van der Waals surface area contributed by atoms with Crippen LogP contribution in [0, 0.1) is 0 Å². The summed E-state index contributed by atoms with van der Waals surface area (Å²) in [4.78, 5) is 22.2. The van der Waals surface area contributed by atoms with Gasteiger partial charge >= 0.3 is 15.5 Å². The number of nitrogens with zero attached hydrogens (tertiary/aromatic N) is 5. The van der Waals surface area contributed by atoms with Gasteiger partial charge in [0.1, 0.15) is 17.8 Å². The Morgan fingerprint density at radius 3 is 2.63 bits per heavy atom. The van der Waals surface area contributed by atoms with Gasteiger partial charge in [-0.15, -0.1) is 0 Å². The van der Waals surface area contributed by atoms with Crippen LogP contribution in [0.25, 0.3) is 22.3 Å². The van der Waals surface area contributed by atoms with Crippen LogP contribution < -0.4 is 10.5 Å². The molecule has 35 heavy (non-hydrogen) atoms. The molecule has 4 rings (SSSR count). The molecule has 0 bridgehead atoms. The van der Waals surface area contributed by atoms with Crippen LogP contribution in [0.2, 0.25) is 0 Å². The Kier molecular flexibility index (Phi) is 6.51. The SMILES string of the molecule is C=CC(=O)N1CCC[C@@H](n2nc(-c3ccc(CNS(=O)(=O)C(F)(F)F)cc3)c3c(N)ncnc32)C1. The number of aromatic nitrogens is 4. The second kappa shape index (κ2) is 9.26. The monoisotopic (exact) mass is 509 g/mol. The Labute approximate surface area is 198 Å². The normalized spacial score (nSPS) is 17.0. The standard InChI is InChI=1S/C21H22F3N7O3S/c1-2-16(32)30-9-3-4-15(11-30)31-20-17(19(25)26-12-27-20)18(29-31)14-7-5-13(6-8-14)10-28-35(33,34)21(22,23)24/h2,5-8,12,15,28H,1,3-4,9-11H2,(H2,25,26,27)/t15-/m1/s1. The fourth-order valence-corrected chi connectivity index (χ4v) is 4.50. The van der Waals surface area contributed by atoms with Crippen LogP contribution in [0.1, 0.15) is 24.4 Å². The molecule has 1 saturated heterocycles. The highest BCUT2D eigenvalue weighted by Crippen LogP contribution is 2.34. The van der Waals surface area contributed by atoms with Crippen molar-refractivity contribution >= 4 is 32.8 Å². The molecule has 0 radical (unpaired) electrons. The van der Waals surface area contributed by atoms with Gasteiger partial charge in [-0.2, -0.15) is 18.3 Å². The van der Waals surface area contributed by atoms with Crippen molar-refractivity contribution in [2.24, 2.45) is 0 Å². The molecule has 0 aliphatic carbocycles. The first-order valence-corrected chi connectivity index (χ1v) is 12.1. The smallest absolute Gasteiger partial charge is 0.383 e. The number of alkyl halides is 3. The minimum Gasteiger partial charge on any atom is -0.383 e. The van der Waals surface area contributed by atoms with E-state index in [1.807, 2.05) is 0 Å². The Morgan fingerprint density at radius 1 is 1.26 bits per heavy atom. The molecule has 0 saturated carbocycles. The van der Waals surface area contributed by atoms with E-state index in [4.69, 9.17) is 10.8 Å².